The van der Waals surface area contributed by atoms with Gasteiger partial charge in [0.1, 0.15) is 11.8 Å². The molecule has 0 saturated carbocycles. The van der Waals surface area contributed by atoms with Gasteiger partial charge in [0.2, 0.25) is 0 Å². The van der Waals surface area contributed by atoms with E-state index >= 15 is 0 Å². The number of rotatable bonds is 4. The minimum absolute atomic E-state index is 0.0560. The van der Waals surface area contributed by atoms with Crippen molar-refractivity contribution in [1.82, 2.24) is 0 Å². The molecule has 2 aromatic carbocycles. The number of benzene rings is 2. The fourth-order valence-corrected chi connectivity index (χ4v) is 2.08. The molecule has 108 valence electrons. The lowest BCUT2D eigenvalue weighted by atomic mass is 10.2. The van der Waals surface area contributed by atoms with Gasteiger partial charge in [-0.2, -0.15) is 5.26 Å². The number of halogens is 1. The van der Waals surface area contributed by atoms with Crippen molar-refractivity contribution in [2.45, 2.75) is 20.0 Å². The summed E-state index contributed by atoms with van der Waals surface area (Å²) in [6.45, 7) is 3.89. The van der Waals surface area contributed by atoms with Crippen LogP contribution in [-0.2, 0) is 0 Å². The molecule has 0 aliphatic carbocycles. The van der Waals surface area contributed by atoms with Crippen molar-refractivity contribution >= 4 is 28.7 Å². The first kappa shape index (κ1) is 15.0. The Hall–Kier alpha value is -2.38. The second kappa shape index (κ2) is 6.38. The van der Waals surface area contributed by atoms with E-state index in [0.29, 0.717) is 27.7 Å². The number of ether oxygens (including phenoxy) is 1. The molecule has 0 aliphatic rings. The highest BCUT2D eigenvalue weighted by molar-refractivity contribution is 6.30. The van der Waals surface area contributed by atoms with Gasteiger partial charge >= 0.3 is 0 Å². The van der Waals surface area contributed by atoms with Crippen molar-refractivity contribution in [2.24, 2.45) is 0 Å². The molecule has 0 bridgehead atoms. The number of hydrogen-bond acceptors (Lipinski definition) is 4. The van der Waals surface area contributed by atoms with E-state index in [9.17, 15) is 0 Å². The predicted molar refractivity (Wildman–Crippen MR) is 86.1 cm³/mol. The van der Waals surface area contributed by atoms with Crippen LogP contribution in [0.1, 0.15) is 19.4 Å². The summed E-state index contributed by atoms with van der Waals surface area (Å²) in [7, 11) is 0. The van der Waals surface area contributed by atoms with Crippen LogP contribution in [-0.4, -0.2) is 6.10 Å². The second-order valence-corrected chi connectivity index (χ2v) is 5.32. The standard InChI is InChI=1S/C16H16ClN3O/c1-10(2)21-15-7-13(19)6-14(8-15)20-16-5-12(17)4-3-11(16)9-18/h3-8,10,20H,19H2,1-2H3. The molecule has 0 heterocycles. The van der Waals surface area contributed by atoms with Gasteiger partial charge in [-0.15, -0.1) is 0 Å². The number of nitrogen functional groups attached to an aromatic ring is 1. The van der Waals surface area contributed by atoms with Gasteiger partial charge in [-0.3, -0.25) is 0 Å². The molecule has 3 N–H and O–H groups in total. The maximum atomic E-state index is 9.13. The molecule has 21 heavy (non-hydrogen) atoms. The van der Waals surface area contributed by atoms with Crippen molar-refractivity contribution in [3.05, 3.63) is 47.0 Å². The van der Waals surface area contributed by atoms with Gasteiger partial charge in [0.15, 0.2) is 0 Å². The van der Waals surface area contributed by atoms with Crippen LogP contribution in [0.2, 0.25) is 5.02 Å². The monoisotopic (exact) mass is 301 g/mol. The maximum Gasteiger partial charge on any atom is 0.123 e. The Bertz CT molecular complexity index is 692. The number of nitrogens with two attached hydrogens (primary N) is 1. The SMILES string of the molecule is CC(C)Oc1cc(N)cc(Nc2cc(Cl)ccc2C#N)c1. The van der Waals surface area contributed by atoms with E-state index in [0.717, 1.165) is 5.69 Å². The molecule has 0 fully saturated rings. The molecular weight excluding hydrogens is 286 g/mol. The Kier molecular flexibility index (Phi) is 4.56. The number of nitriles is 1. The fourth-order valence-electron chi connectivity index (χ4n) is 1.91. The summed E-state index contributed by atoms with van der Waals surface area (Å²) in [5.41, 5.74) is 8.34. The zero-order chi connectivity index (χ0) is 15.4. The van der Waals surface area contributed by atoms with Crippen LogP contribution in [0, 0.1) is 11.3 Å². The quantitative estimate of drug-likeness (QED) is 0.825. The lowest BCUT2D eigenvalue weighted by molar-refractivity contribution is 0.242. The smallest absolute Gasteiger partial charge is 0.123 e. The molecule has 2 aromatic rings. The highest BCUT2D eigenvalue weighted by atomic mass is 35.5. The number of nitrogens with one attached hydrogen (secondary N) is 1. The third kappa shape index (κ3) is 4.04. The van der Waals surface area contributed by atoms with Gasteiger partial charge in [0, 0.05) is 28.5 Å². The maximum absolute atomic E-state index is 9.13. The largest absolute Gasteiger partial charge is 0.491 e. The zero-order valence-electron chi connectivity index (χ0n) is 11.9. The molecule has 2 rings (SSSR count). The van der Waals surface area contributed by atoms with Crippen LogP contribution in [0.25, 0.3) is 0 Å². The topological polar surface area (TPSA) is 71.1 Å². The average Bonchev–Trinajstić information content (AvgIpc) is 2.37. The summed E-state index contributed by atoms with van der Waals surface area (Å²) in [4.78, 5) is 0. The van der Waals surface area contributed by atoms with Gasteiger partial charge < -0.3 is 15.8 Å². The van der Waals surface area contributed by atoms with Gasteiger partial charge in [0.05, 0.1) is 17.4 Å². The summed E-state index contributed by atoms with van der Waals surface area (Å²) in [6.07, 6.45) is 0.0560. The van der Waals surface area contributed by atoms with Crippen molar-refractivity contribution in [3.63, 3.8) is 0 Å². The van der Waals surface area contributed by atoms with Crippen molar-refractivity contribution in [1.29, 1.82) is 5.26 Å². The zero-order valence-corrected chi connectivity index (χ0v) is 12.6. The summed E-state index contributed by atoms with van der Waals surface area (Å²) in [6, 6.07) is 12.5. The highest BCUT2D eigenvalue weighted by Gasteiger charge is 2.06. The summed E-state index contributed by atoms with van der Waals surface area (Å²) in [5, 5.41) is 12.8. The predicted octanol–water partition coefficient (Wildman–Crippen LogP) is 4.32. The molecule has 0 aliphatic heterocycles. The minimum Gasteiger partial charge on any atom is -0.491 e. The summed E-state index contributed by atoms with van der Waals surface area (Å²) in [5.74, 6) is 0.674. The molecular formula is C16H16ClN3O. The lowest BCUT2D eigenvalue weighted by Crippen LogP contribution is -2.06. The number of nitrogens with zero attached hydrogens (tertiary/aromatic N) is 1. The Labute approximate surface area is 129 Å². The first-order valence-electron chi connectivity index (χ1n) is 6.52. The highest BCUT2D eigenvalue weighted by Crippen LogP contribution is 2.29. The van der Waals surface area contributed by atoms with E-state index in [1.54, 1.807) is 30.3 Å². The van der Waals surface area contributed by atoms with Gasteiger partial charge in [0.25, 0.3) is 0 Å². The molecule has 5 heteroatoms. The number of anilines is 3. The number of hydrogen-bond donors (Lipinski definition) is 2. The minimum atomic E-state index is 0.0560. The molecule has 0 aromatic heterocycles. The van der Waals surface area contributed by atoms with E-state index in [-0.39, 0.29) is 6.10 Å². The first-order chi connectivity index (χ1) is 9.97. The van der Waals surface area contributed by atoms with Crippen molar-refractivity contribution in [2.75, 3.05) is 11.1 Å². The van der Waals surface area contributed by atoms with E-state index in [1.165, 1.54) is 0 Å². The molecule has 0 saturated heterocycles. The van der Waals surface area contributed by atoms with Crippen molar-refractivity contribution < 1.29 is 4.74 Å². The van der Waals surface area contributed by atoms with Crippen LogP contribution in [0.3, 0.4) is 0 Å². The van der Waals surface area contributed by atoms with Crippen molar-refractivity contribution in [3.8, 4) is 11.8 Å². The first-order valence-corrected chi connectivity index (χ1v) is 6.89. The van der Waals surface area contributed by atoms with Gasteiger partial charge in [-0.05, 0) is 38.1 Å². The fraction of sp³-hybridized carbons (Fsp3) is 0.188. The van der Waals surface area contributed by atoms with Crippen LogP contribution in [0.4, 0.5) is 17.1 Å². The van der Waals surface area contributed by atoms with E-state index < -0.39 is 0 Å². The van der Waals surface area contributed by atoms with Crippen LogP contribution in [0.5, 0.6) is 5.75 Å². The van der Waals surface area contributed by atoms with Crippen LogP contribution < -0.4 is 15.8 Å². The Morgan fingerprint density at radius 1 is 1.24 bits per heavy atom. The van der Waals surface area contributed by atoms with Crippen LogP contribution in [0.15, 0.2) is 36.4 Å². The average molecular weight is 302 g/mol. The van der Waals surface area contributed by atoms with E-state index in [4.69, 9.17) is 27.3 Å². The van der Waals surface area contributed by atoms with E-state index in [2.05, 4.69) is 11.4 Å². The summed E-state index contributed by atoms with van der Waals surface area (Å²) >= 11 is 5.97. The molecule has 0 spiro atoms. The van der Waals surface area contributed by atoms with Gasteiger partial charge in [-0.1, -0.05) is 11.6 Å². The molecule has 4 nitrogen and oxygen atoms in total. The molecule has 0 radical (unpaired) electrons. The van der Waals surface area contributed by atoms with Gasteiger partial charge in [-0.25, -0.2) is 0 Å². The van der Waals surface area contributed by atoms with E-state index in [1.807, 2.05) is 19.9 Å². The lowest BCUT2D eigenvalue weighted by Gasteiger charge is -2.14. The second-order valence-electron chi connectivity index (χ2n) is 4.88. The third-order valence-electron chi connectivity index (χ3n) is 2.68. The summed E-state index contributed by atoms with van der Waals surface area (Å²) < 4.78 is 5.64. The van der Waals surface area contributed by atoms with Crippen LogP contribution >= 0.6 is 11.6 Å². The Morgan fingerprint density at radius 3 is 2.67 bits per heavy atom. The normalized spacial score (nSPS) is 10.2. The Balaban J connectivity index is 2.33. The molecule has 0 unspecified atom stereocenters. The Morgan fingerprint density at radius 2 is 2.00 bits per heavy atom. The molecule has 0 atom stereocenters. The third-order valence-corrected chi connectivity index (χ3v) is 2.92. The molecule has 0 amide bonds.